The van der Waals surface area contributed by atoms with E-state index >= 15 is 0 Å². The number of piperazine rings is 1. The molecule has 2 aromatic carbocycles. The zero-order chi connectivity index (χ0) is 22.1. The minimum absolute atomic E-state index is 0.0186. The van der Waals surface area contributed by atoms with E-state index in [0.717, 1.165) is 23.5 Å². The molecule has 162 valence electrons. The van der Waals surface area contributed by atoms with Gasteiger partial charge in [0.2, 0.25) is 5.91 Å². The number of thiophene rings is 1. The van der Waals surface area contributed by atoms with Crippen molar-refractivity contribution >= 4 is 33.1 Å². The van der Waals surface area contributed by atoms with Crippen LogP contribution in [0.5, 0.6) is 0 Å². The van der Waals surface area contributed by atoms with Crippen molar-refractivity contribution in [2.75, 3.05) is 31.1 Å². The first-order valence-corrected chi connectivity index (χ1v) is 11.5. The Bertz CT molecular complexity index is 1320. The van der Waals surface area contributed by atoms with Crippen LogP contribution >= 0.6 is 11.3 Å². The Kier molecular flexibility index (Phi) is 5.49. The number of amides is 1. The van der Waals surface area contributed by atoms with Crippen molar-refractivity contribution in [3.05, 3.63) is 82.9 Å². The van der Waals surface area contributed by atoms with Gasteiger partial charge >= 0.3 is 0 Å². The molecule has 3 heterocycles. The lowest BCUT2D eigenvalue weighted by molar-refractivity contribution is -0.132. The van der Waals surface area contributed by atoms with E-state index in [9.17, 15) is 9.59 Å². The van der Waals surface area contributed by atoms with Crippen molar-refractivity contribution in [2.24, 2.45) is 0 Å². The largest absolute Gasteiger partial charge is 0.368 e. The van der Waals surface area contributed by atoms with Gasteiger partial charge in [-0.1, -0.05) is 42.5 Å². The standard InChI is InChI=1S/C25H24N4O2S/c1-18-6-5-9-20(14-18)27-10-12-28(13-11-27)23(30)16-29-17-26-21-15-22(32-24(21)25(29)31)19-7-3-2-4-8-19/h2-9,14-15,17H,10-13,16H2,1H3. The lowest BCUT2D eigenvalue weighted by Crippen LogP contribution is -2.50. The van der Waals surface area contributed by atoms with E-state index in [0.29, 0.717) is 23.3 Å². The molecule has 0 aliphatic carbocycles. The summed E-state index contributed by atoms with van der Waals surface area (Å²) in [5.41, 5.74) is 3.99. The third-order valence-corrected chi connectivity index (χ3v) is 7.03. The SMILES string of the molecule is Cc1cccc(N2CCN(C(=O)Cn3cnc4cc(-c5ccccc5)sc4c3=O)CC2)c1. The van der Waals surface area contributed by atoms with E-state index in [1.165, 1.54) is 33.5 Å². The summed E-state index contributed by atoms with van der Waals surface area (Å²) in [7, 11) is 0. The molecule has 1 aliphatic rings. The van der Waals surface area contributed by atoms with Gasteiger partial charge in [-0.3, -0.25) is 14.2 Å². The van der Waals surface area contributed by atoms with Gasteiger partial charge in [-0.05, 0) is 36.2 Å². The fourth-order valence-corrected chi connectivity index (χ4v) is 5.15. The van der Waals surface area contributed by atoms with Crippen LogP contribution in [0.3, 0.4) is 0 Å². The van der Waals surface area contributed by atoms with Gasteiger partial charge in [0.15, 0.2) is 0 Å². The zero-order valence-electron chi connectivity index (χ0n) is 17.9. The average Bonchev–Trinajstić information content (AvgIpc) is 3.27. The maximum absolute atomic E-state index is 13.0. The van der Waals surface area contributed by atoms with Gasteiger partial charge in [0.25, 0.3) is 5.56 Å². The molecule has 6 nitrogen and oxygen atoms in total. The minimum atomic E-state index is -0.158. The molecule has 1 fully saturated rings. The summed E-state index contributed by atoms with van der Waals surface area (Å²) in [6, 6.07) is 20.3. The van der Waals surface area contributed by atoms with Gasteiger partial charge in [0.1, 0.15) is 11.2 Å². The monoisotopic (exact) mass is 444 g/mol. The molecule has 0 radical (unpaired) electrons. The van der Waals surface area contributed by atoms with Crippen molar-refractivity contribution in [3.8, 4) is 10.4 Å². The number of hydrogen-bond donors (Lipinski definition) is 0. The zero-order valence-corrected chi connectivity index (χ0v) is 18.7. The molecule has 32 heavy (non-hydrogen) atoms. The van der Waals surface area contributed by atoms with E-state index in [1.54, 1.807) is 0 Å². The van der Waals surface area contributed by atoms with Crippen LogP contribution in [0.2, 0.25) is 0 Å². The second-order valence-corrected chi connectivity index (χ2v) is 9.13. The summed E-state index contributed by atoms with van der Waals surface area (Å²) in [6.45, 7) is 4.97. The minimum Gasteiger partial charge on any atom is -0.368 e. The average molecular weight is 445 g/mol. The summed E-state index contributed by atoms with van der Waals surface area (Å²) < 4.78 is 2.02. The summed E-state index contributed by atoms with van der Waals surface area (Å²) >= 11 is 1.43. The van der Waals surface area contributed by atoms with Crippen LogP contribution in [0.4, 0.5) is 5.69 Å². The number of aryl methyl sites for hydroxylation is 1. The molecule has 0 spiro atoms. The smallest absolute Gasteiger partial charge is 0.271 e. The second kappa shape index (κ2) is 8.59. The maximum atomic E-state index is 13.0. The quantitative estimate of drug-likeness (QED) is 0.481. The predicted molar refractivity (Wildman–Crippen MR) is 129 cm³/mol. The van der Waals surface area contributed by atoms with Crippen LogP contribution in [0.1, 0.15) is 5.56 Å². The van der Waals surface area contributed by atoms with Crippen LogP contribution in [-0.4, -0.2) is 46.5 Å². The molecule has 1 amide bonds. The summed E-state index contributed by atoms with van der Waals surface area (Å²) in [4.78, 5) is 35.5. The number of carbonyl (C=O) groups is 1. The molecule has 5 rings (SSSR count). The number of hydrogen-bond acceptors (Lipinski definition) is 5. The van der Waals surface area contributed by atoms with Gasteiger partial charge in [-0.25, -0.2) is 4.98 Å². The number of nitrogens with zero attached hydrogens (tertiary/aromatic N) is 4. The lowest BCUT2D eigenvalue weighted by atomic mass is 10.2. The van der Waals surface area contributed by atoms with E-state index in [4.69, 9.17) is 0 Å². The van der Waals surface area contributed by atoms with Crippen LogP contribution in [0, 0.1) is 6.92 Å². The van der Waals surface area contributed by atoms with Gasteiger partial charge in [0, 0.05) is 36.7 Å². The predicted octanol–water partition coefficient (Wildman–Crippen LogP) is 3.78. The number of anilines is 1. The van der Waals surface area contributed by atoms with Crippen LogP contribution < -0.4 is 10.5 Å². The fraction of sp³-hybridized carbons (Fsp3) is 0.240. The maximum Gasteiger partial charge on any atom is 0.271 e. The van der Waals surface area contributed by atoms with Crippen molar-refractivity contribution in [2.45, 2.75) is 13.5 Å². The number of carbonyl (C=O) groups excluding carboxylic acids is 1. The highest BCUT2D eigenvalue weighted by atomic mass is 32.1. The molecule has 2 aromatic heterocycles. The van der Waals surface area contributed by atoms with Crippen molar-refractivity contribution in [3.63, 3.8) is 0 Å². The molecule has 0 atom stereocenters. The van der Waals surface area contributed by atoms with Crippen LogP contribution in [0.15, 0.2) is 71.8 Å². The van der Waals surface area contributed by atoms with Gasteiger partial charge in [-0.2, -0.15) is 0 Å². The topological polar surface area (TPSA) is 58.4 Å². The van der Waals surface area contributed by atoms with Gasteiger partial charge in [0.05, 0.1) is 11.8 Å². The highest BCUT2D eigenvalue weighted by Crippen LogP contribution is 2.30. The number of rotatable bonds is 4. The highest BCUT2D eigenvalue weighted by Gasteiger charge is 2.22. The first-order valence-electron chi connectivity index (χ1n) is 10.7. The van der Waals surface area contributed by atoms with Crippen LogP contribution in [0.25, 0.3) is 20.7 Å². The molecule has 7 heteroatoms. The normalized spacial score (nSPS) is 14.2. The summed E-state index contributed by atoms with van der Waals surface area (Å²) in [6.07, 6.45) is 1.49. The van der Waals surface area contributed by atoms with E-state index < -0.39 is 0 Å². The number of aromatic nitrogens is 2. The third-order valence-electron chi connectivity index (χ3n) is 5.87. The summed E-state index contributed by atoms with van der Waals surface area (Å²) in [5.74, 6) is -0.0445. The Morgan fingerprint density at radius 2 is 1.78 bits per heavy atom. The Morgan fingerprint density at radius 1 is 1.00 bits per heavy atom. The Hall–Kier alpha value is -3.45. The number of benzene rings is 2. The van der Waals surface area contributed by atoms with E-state index in [1.807, 2.05) is 41.3 Å². The molecule has 1 aliphatic heterocycles. The second-order valence-electron chi connectivity index (χ2n) is 8.08. The Morgan fingerprint density at radius 3 is 2.53 bits per heavy atom. The number of fused-ring (bicyclic) bond motifs is 1. The van der Waals surface area contributed by atoms with Crippen LogP contribution in [-0.2, 0) is 11.3 Å². The first kappa shape index (κ1) is 20.5. The first-order chi connectivity index (χ1) is 15.6. The molecule has 4 aromatic rings. The third kappa shape index (κ3) is 4.03. The molecule has 0 unspecified atom stereocenters. The van der Waals surface area contributed by atoms with Crippen molar-refractivity contribution in [1.82, 2.24) is 14.5 Å². The molecule has 0 saturated carbocycles. The van der Waals surface area contributed by atoms with E-state index in [-0.39, 0.29) is 18.0 Å². The van der Waals surface area contributed by atoms with Crippen molar-refractivity contribution in [1.29, 1.82) is 0 Å². The molecule has 1 saturated heterocycles. The lowest BCUT2D eigenvalue weighted by Gasteiger charge is -2.36. The Balaban J connectivity index is 1.29. The summed E-state index contributed by atoms with van der Waals surface area (Å²) in [5, 5.41) is 0. The molecular weight excluding hydrogens is 420 g/mol. The molecule has 0 bridgehead atoms. The molecule has 0 N–H and O–H groups in total. The van der Waals surface area contributed by atoms with Crippen molar-refractivity contribution < 1.29 is 4.79 Å². The highest BCUT2D eigenvalue weighted by molar-refractivity contribution is 7.22. The fourth-order valence-electron chi connectivity index (χ4n) is 4.09. The Labute approximate surface area is 190 Å². The van der Waals surface area contributed by atoms with Gasteiger partial charge in [-0.15, -0.1) is 11.3 Å². The van der Waals surface area contributed by atoms with E-state index in [2.05, 4.69) is 41.1 Å². The van der Waals surface area contributed by atoms with Gasteiger partial charge < -0.3 is 9.80 Å². The molecular formula is C25H24N4O2S.